The van der Waals surface area contributed by atoms with Gasteiger partial charge in [-0.3, -0.25) is 4.79 Å². The molecule has 0 saturated heterocycles. The number of aryl methyl sites for hydroxylation is 1. The van der Waals surface area contributed by atoms with E-state index in [0.717, 1.165) is 5.56 Å². The lowest BCUT2D eigenvalue weighted by Gasteiger charge is -2.30. The Labute approximate surface area is 197 Å². The van der Waals surface area contributed by atoms with E-state index >= 15 is 0 Å². The summed E-state index contributed by atoms with van der Waals surface area (Å²) in [6.45, 7) is 5.05. The van der Waals surface area contributed by atoms with Crippen LogP contribution in [0, 0.1) is 5.82 Å². The van der Waals surface area contributed by atoms with Gasteiger partial charge in [-0.2, -0.15) is 4.31 Å². The molecule has 0 unspecified atom stereocenters. The second-order valence-corrected chi connectivity index (χ2v) is 10.9. The number of benzene rings is 2. The molecule has 0 atom stereocenters. The third-order valence-electron chi connectivity index (χ3n) is 6.00. The summed E-state index contributed by atoms with van der Waals surface area (Å²) in [6.07, 6.45) is 1.40. The summed E-state index contributed by atoms with van der Waals surface area (Å²) in [6, 6.07) is 9.78. The molecule has 0 fully saturated rings. The minimum atomic E-state index is -3.59. The number of rotatable bonds is 7. The van der Waals surface area contributed by atoms with Gasteiger partial charge in [0.25, 0.3) is 5.91 Å². The van der Waals surface area contributed by atoms with Gasteiger partial charge in [-0.05, 0) is 48.7 Å². The van der Waals surface area contributed by atoms with Crippen LogP contribution in [0.2, 0.25) is 0 Å². The molecule has 9 heteroatoms. The summed E-state index contributed by atoms with van der Waals surface area (Å²) in [5.74, 6) is -0.594. The van der Waals surface area contributed by atoms with Crippen LogP contribution in [0.5, 0.6) is 0 Å². The first kappa shape index (κ1) is 23.8. The van der Waals surface area contributed by atoms with Gasteiger partial charge in [0.1, 0.15) is 5.82 Å². The Morgan fingerprint density at radius 1 is 1.21 bits per heavy atom. The summed E-state index contributed by atoms with van der Waals surface area (Å²) in [7, 11) is -2.07. The van der Waals surface area contributed by atoms with E-state index in [1.165, 1.54) is 28.8 Å². The Morgan fingerprint density at radius 2 is 1.97 bits per heavy atom. The summed E-state index contributed by atoms with van der Waals surface area (Å²) in [4.78, 5) is 16.0. The van der Waals surface area contributed by atoms with E-state index in [-0.39, 0.29) is 23.2 Å². The number of carbonyl (C=O) groups is 1. The van der Waals surface area contributed by atoms with Crippen molar-refractivity contribution in [1.82, 2.24) is 4.31 Å². The van der Waals surface area contributed by atoms with Crippen molar-refractivity contribution in [3.63, 3.8) is 0 Å². The molecule has 3 aromatic rings. The predicted molar refractivity (Wildman–Crippen MR) is 129 cm³/mol. The van der Waals surface area contributed by atoms with Gasteiger partial charge in [-0.15, -0.1) is 11.3 Å². The molecule has 0 spiro atoms. The fourth-order valence-corrected chi connectivity index (χ4v) is 7.08. The Hall–Kier alpha value is -2.33. The summed E-state index contributed by atoms with van der Waals surface area (Å²) < 4.78 is 47.9. The van der Waals surface area contributed by atoms with Gasteiger partial charge < -0.3 is 9.64 Å². The zero-order valence-electron chi connectivity index (χ0n) is 18.9. The van der Waals surface area contributed by atoms with Crippen molar-refractivity contribution in [2.75, 3.05) is 31.6 Å². The van der Waals surface area contributed by atoms with E-state index < -0.39 is 10.0 Å². The minimum absolute atomic E-state index is 0.129. The van der Waals surface area contributed by atoms with Crippen LogP contribution in [0.4, 0.5) is 10.1 Å². The zero-order valence-corrected chi connectivity index (χ0v) is 20.6. The van der Waals surface area contributed by atoms with Crippen molar-refractivity contribution in [2.24, 2.45) is 0 Å². The number of halogens is 1. The quantitative estimate of drug-likeness (QED) is 0.477. The van der Waals surface area contributed by atoms with Crippen LogP contribution >= 0.6 is 11.3 Å². The van der Waals surface area contributed by atoms with Crippen LogP contribution in [0.25, 0.3) is 10.1 Å². The van der Waals surface area contributed by atoms with Crippen LogP contribution in [0.3, 0.4) is 0 Å². The van der Waals surface area contributed by atoms with E-state index in [2.05, 4.69) is 0 Å². The van der Waals surface area contributed by atoms with E-state index in [4.69, 9.17) is 4.74 Å². The Balaban J connectivity index is 1.76. The van der Waals surface area contributed by atoms with Gasteiger partial charge in [-0.1, -0.05) is 19.9 Å². The van der Waals surface area contributed by atoms with Crippen LogP contribution in [0.15, 0.2) is 41.3 Å². The molecule has 1 aliphatic heterocycles. The Bertz CT molecular complexity index is 1300. The van der Waals surface area contributed by atoms with Gasteiger partial charge in [0, 0.05) is 48.1 Å². The second kappa shape index (κ2) is 9.50. The van der Waals surface area contributed by atoms with E-state index in [0.29, 0.717) is 58.7 Å². The monoisotopic (exact) mass is 490 g/mol. The number of amides is 1. The van der Waals surface area contributed by atoms with Gasteiger partial charge >= 0.3 is 0 Å². The van der Waals surface area contributed by atoms with Crippen molar-refractivity contribution >= 4 is 43.0 Å². The summed E-state index contributed by atoms with van der Waals surface area (Å²) in [5, 5.41) is 0.422. The number of methoxy groups -OCH3 is 1. The molecule has 0 saturated carbocycles. The fourth-order valence-electron chi connectivity index (χ4n) is 4.40. The first-order valence-corrected chi connectivity index (χ1v) is 13.2. The third kappa shape index (κ3) is 4.19. The van der Waals surface area contributed by atoms with E-state index in [1.54, 1.807) is 35.2 Å². The highest BCUT2D eigenvalue weighted by molar-refractivity contribution is 7.89. The lowest BCUT2D eigenvalue weighted by Crippen LogP contribution is -2.36. The lowest BCUT2D eigenvalue weighted by molar-refractivity contribution is 0.0985. The fraction of sp³-hybridized carbons (Fsp3) is 0.375. The summed E-state index contributed by atoms with van der Waals surface area (Å²) in [5.41, 5.74) is 2.07. The maximum atomic E-state index is 14.6. The lowest BCUT2D eigenvalue weighted by atomic mass is 10.0. The summed E-state index contributed by atoms with van der Waals surface area (Å²) >= 11 is 1.26. The SMILES string of the molecule is CCN(CC)S(=O)(=O)c1ccc2c(c1)CCCN2C(=O)c1sc2cccc(F)c2c1COC. The number of ether oxygens (including phenoxy) is 1. The van der Waals surface area contributed by atoms with Crippen molar-refractivity contribution in [2.45, 2.75) is 38.2 Å². The molecule has 176 valence electrons. The van der Waals surface area contributed by atoms with Crippen molar-refractivity contribution < 1.29 is 22.3 Å². The largest absolute Gasteiger partial charge is 0.380 e. The molecule has 2 heterocycles. The highest BCUT2D eigenvalue weighted by Crippen LogP contribution is 2.37. The zero-order chi connectivity index (χ0) is 23.8. The molecule has 0 N–H and O–H groups in total. The molecule has 1 aliphatic rings. The average molecular weight is 491 g/mol. The van der Waals surface area contributed by atoms with Crippen LogP contribution in [-0.4, -0.2) is 45.4 Å². The molecular weight excluding hydrogens is 463 g/mol. The maximum Gasteiger partial charge on any atom is 0.268 e. The highest BCUT2D eigenvalue weighted by Gasteiger charge is 2.30. The molecular formula is C24H27FN2O4S2. The molecule has 4 rings (SSSR count). The van der Waals surface area contributed by atoms with Crippen LogP contribution in [-0.2, 0) is 27.8 Å². The van der Waals surface area contributed by atoms with Crippen LogP contribution < -0.4 is 4.90 Å². The molecule has 33 heavy (non-hydrogen) atoms. The smallest absolute Gasteiger partial charge is 0.268 e. The molecule has 0 aliphatic carbocycles. The molecule has 0 radical (unpaired) electrons. The maximum absolute atomic E-state index is 14.6. The number of carbonyl (C=O) groups excluding carboxylic acids is 1. The molecule has 0 bridgehead atoms. The number of nitrogens with zero attached hydrogens (tertiary/aromatic N) is 2. The number of anilines is 1. The number of thiophene rings is 1. The van der Waals surface area contributed by atoms with E-state index in [1.807, 2.05) is 13.8 Å². The van der Waals surface area contributed by atoms with Gasteiger partial charge in [0.05, 0.1) is 16.4 Å². The van der Waals surface area contributed by atoms with Crippen LogP contribution in [0.1, 0.15) is 41.1 Å². The third-order valence-corrected chi connectivity index (χ3v) is 9.24. The van der Waals surface area contributed by atoms with Gasteiger partial charge in [0.15, 0.2) is 0 Å². The average Bonchev–Trinajstić information content (AvgIpc) is 3.18. The molecule has 2 aromatic carbocycles. The van der Waals surface area contributed by atoms with E-state index in [9.17, 15) is 17.6 Å². The second-order valence-electron chi connectivity index (χ2n) is 7.90. The number of fused-ring (bicyclic) bond motifs is 2. The topological polar surface area (TPSA) is 66.9 Å². The highest BCUT2D eigenvalue weighted by atomic mass is 32.2. The van der Waals surface area contributed by atoms with Crippen molar-refractivity contribution in [1.29, 1.82) is 0 Å². The van der Waals surface area contributed by atoms with Crippen molar-refractivity contribution in [3.8, 4) is 0 Å². The minimum Gasteiger partial charge on any atom is -0.380 e. The number of hydrogen-bond acceptors (Lipinski definition) is 5. The number of sulfonamides is 1. The molecule has 1 amide bonds. The first-order valence-electron chi connectivity index (χ1n) is 11.0. The van der Waals surface area contributed by atoms with Gasteiger partial charge in [-0.25, -0.2) is 12.8 Å². The van der Waals surface area contributed by atoms with Gasteiger partial charge in [0.2, 0.25) is 10.0 Å². The molecule has 1 aromatic heterocycles. The predicted octanol–water partition coefficient (Wildman–Crippen LogP) is 4.81. The first-order chi connectivity index (χ1) is 15.8. The van der Waals surface area contributed by atoms with Crippen molar-refractivity contribution in [3.05, 3.63) is 58.2 Å². The Morgan fingerprint density at radius 3 is 2.67 bits per heavy atom. The molecule has 6 nitrogen and oxygen atoms in total. The number of hydrogen-bond donors (Lipinski definition) is 0. The Kier molecular flexibility index (Phi) is 6.86. The normalized spacial score (nSPS) is 14.2. The standard InChI is InChI=1S/C24H27FN2O4S2/c1-4-26(5-2)33(29,30)17-11-12-20-16(14-17)8-7-13-27(20)24(28)23-18(15-31-3)22-19(25)9-6-10-21(22)32-23/h6,9-12,14H,4-5,7-8,13,15H2,1-3H3.